The predicted molar refractivity (Wildman–Crippen MR) is 121 cm³/mol. The van der Waals surface area contributed by atoms with Crippen LogP contribution in [0.2, 0.25) is 0 Å². The maximum absolute atomic E-state index is 13.2. The Bertz CT molecular complexity index is 947. The summed E-state index contributed by atoms with van der Waals surface area (Å²) in [6.07, 6.45) is -0.930. The van der Waals surface area contributed by atoms with Crippen LogP contribution < -0.4 is 20.7 Å². The number of nitrogens with zero attached hydrogens (tertiary/aromatic N) is 1. The largest absolute Gasteiger partial charge is 0.495 e. The number of rotatable bonds is 10. The topological polar surface area (TPSA) is 84.7 Å². The molecule has 2 aromatic rings. The molecule has 33 heavy (non-hydrogen) atoms. The van der Waals surface area contributed by atoms with E-state index in [0.717, 1.165) is 5.56 Å². The summed E-state index contributed by atoms with van der Waals surface area (Å²) in [6, 6.07) is 14.3. The first-order chi connectivity index (χ1) is 15.6. The average molecular weight is 464 g/mol. The van der Waals surface area contributed by atoms with Crippen LogP contribution in [0.25, 0.3) is 0 Å². The van der Waals surface area contributed by atoms with Gasteiger partial charge in [-0.3, -0.25) is 14.5 Å². The molecule has 2 aromatic carbocycles. The van der Waals surface area contributed by atoms with Gasteiger partial charge in [-0.15, -0.1) is 0 Å². The minimum atomic E-state index is -5.06. The third kappa shape index (κ3) is 7.94. The van der Waals surface area contributed by atoms with E-state index in [1.807, 2.05) is 30.3 Å². The molecule has 0 aromatic heterocycles. The number of nitrogens with one attached hydrogen (secondary N) is 1. The Labute approximate surface area is 191 Å². The second-order valence-electron chi connectivity index (χ2n) is 7.44. The molecular weight excluding hydrogens is 435 g/mol. The third-order valence-corrected chi connectivity index (χ3v) is 4.85. The Morgan fingerprint density at radius 2 is 1.76 bits per heavy atom. The van der Waals surface area contributed by atoms with Crippen molar-refractivity contribution in [2.75, 3.05) is 18.6 Å². The molecule has 0 aliphatic heterocycles. The van der Waals surface area contributed by atoms with Gasteiger partial charge in [-0.05, 0) is 37.5 Å². The van der Waals surface area contributed by atoms with Crippen LogP contribution in [-0.4, -0.2) is 43.7 Å². The van der Waals surface area contributed by atoms with Gasteiger partial charge >= 0.3 is 12.1 Å². The summed E-state index contributed by atoms with van der Waals surface area (Å²) in [4.78, 5) is 24.8. The molecule has 0 radical (unpaired) electrons. The molecule has 178 valence electrons. The summed E-state index contributed by atoms with van der Waals surface area (Å²) in [5.41, 5.74) is 6.68. The van der Waals surface area contributed by atoms with Gasteiger partial charge in [0.25, 0.3) is 0 Å². The minimum Gasteiger partial charge on any atom is -0.495 e. The highest BCUT2D eigenvalue weighted by atomic mass is 19.4. The molecule has 0 aliphatic rings. The van der Waals surface area contributed by atoms with Crippen molar-refractivity contribution in [2.24, 2.45) is 5.73 Å². The first-order valence-corrected chi connectivity index (χ1v) is 10.4. The zero-order valence-corrected chi connectivity index (χ0v) is 18.5. The Morgan fingerprint density at radius 3 is 2.36 bits per heavy atom. The fraction of sp³-hybridized carbons (Fsp3) is 0.333. The highest BCUT2D eigenvalue weighted by Gasteiger charge is 2.43. The number of alkyl halides is 3. The average Bonchev–Trinajstić information content (AvgIpc) is 2.79. The van der Waals surface area contributed by atoms with Crippen molar-refractivity contribution in [1.29, 1.82) is 0 Å². The quantitative estimate of drug-likeness (QED) is 0.528. The summed E-state index contributed by atoms with van der Waals surface area (Å²) in [6.45, 7) is 1.17. The van der Waals surface area contributed by atoms with Crippen LogP contribution >= 0.6 is 0 Å². The summed E-state index contributed by atoms with van der Waals surface area (Å²) in [5.74, 6) is -2.27. The number of nitrogens with two attached hydrogens (primary N) is 1. The maximum atomic E-state index is 13.2. The lowest BCUT2D eigenvalue weighted by Crippen LogP contribution is -2.44. The number of para-hydroxylation sites is 2. The molecule has 6 nitrogen and oxygen atoms in total. The van der Waals surface area contributed by atoms with E-state index in [0.29, 0.717) is 17.7 Å². The van der Waals surface area contributed by atoms with Gasteiger partial charge in [0.15, 0.2) is 0 Å². The van der Waals surface area contributed by atoms with E-state index < -0.39 is 24.2 Å². The molecule has 3 N–H and O–H groups in total. The van der Waals surface area contributed by atoms with Crippen molar-refractivity contribution in [3.63, 3.8) is 0 Å². The van der Waals surface area contributed by atoms with Crippen molar-refractivity contribution in [3.8, 4) is 5.75 Å². The van der Waals surface area contributed by atoms with Crippen LogP contribution in [0.1, 0.15) is 18.9 Å². The number of hydrogen-bond acceptors (Lipinski definition) is 4. The molecule has 2 amide bonds. The Hall–Kier alpha value is -3.33. The number of carbonyl (C=O) groups is 2. The van der Waals surface area contributed by atoms with Crippen LogP contribution in [0.15, 0.2) is 66.7 Å². The second-order valence-corrected chi connectivity index (χ2v) is 7.44. The van der Waals surface area contributed by atoms with E-state index >= 15 is 0 Å². The van der Waals surface area contributed by atoms with Crippen LogP contribution in [0.3, 0.4) is 0 Å². The highest BCUT2D eigenvalue weighted by molar-refractivity contribution is 5.98. The molecule has 9 heteroatoms. The van der Waals surface area contributed by atoms with Gasteiger partial charge in [-0.1, -0.05) is 54.6 Å². The van der Waals surface area contributed by atoms with E-state index in [2.05, 4.69) is 5.32 Å². The lowest BCUT2D eigenvalue weighted by atomic mass is 10.0. The zero-order valence-electron chi connectivity index (χ0n) is 18.5. The normalized spacial score (nSPS) is 13.4. The third-order valence-electron chi connectivity index (χ3n) is 4.85. The van der Waals surface area contributed by atoms with E-state index in [4.69, 9.17) is 10.5 Å². The van der Waals surface area contributed by atoms with E-state index in [1.165, 1.54) is 31.4 Å². The molecule has 0 spiro atoms. The SMILES string of the molecule is COc1ccccc1N(C/C=C/[C@H](CCc1ccccc1)NC(=O)[C@H](C)N)C(=O)C(F)(F)F. The van der Waals surface area contributed by atoms with Gasteiger partial charge in [0.2, 0.25) is 5.91 Å². The van der Waals surface area contributed by atoms with E-state index in [-0.39, 0.29) is 23.9 Å². The standard InChI is InChI=1S/C24H28F3N3O3/c1-17(28)22(31)29-19(15-14-18-9-4-3-5-10-18)11-8-16-30(23(32)24(25,26)27)20-12-6-7-13-21(20)33-2/h3-13,17,19H,14-16,28H2,1-2H3,(H,29,31)/b11-8+/t17-,19+/m0/s1. The molecule has 0 saturated heterocycles. The summed E-state index contributed by atoms with van der Waals surface area (Å²) >= 11 is 0. The number of aryl methyl sites for hydroxylation is 1. The molecular formula is C24H28F3N3O3. The molecule has 0 bridgehead atoms. The molecule has 2 rings (SSSR count). The molecule has 0 heterocycles. The second kappa shape index (κ2) is 12.1. The molecule has 0 aliphatic carbocycles. The maximum Gasteiger partial charge on any atom is 0.471 e. The van der Waals surface area contributed by atoms with E-state index in [9.17, 15) is 22.8 Å². The fourth-order valence-electron chi connectivity index (χ4n) is 3.12. The van der Waals surface area contributed by atoms with E-state index in [1.54, 1.807) is 19.1 Å². The summed E-state index contributed by atoms with van der Waals surface area (Å²) in [7, 11) is 1.31. The number of anilines is 1. The Morgan fingerprint density at radius 1 is 1.12 bits per heavy atom. The van der Waals surface area contributed by atoms with Gasteiger partial charge in [0.1, 0.15) is 5.75 Å². The first kappa shape index (κ1) is 25.9. The van der Waals surface area contributed by atoms with Gasteiger partial charge in [-0.2, -0.15) is 13.2 Å². The van der Waals surface area contributed by atoms with Crippen molar-refractivity contribution in [2.45, 2.75) is 38.0 Å². The van der Waals surface area contributed by atoms with Gasteiger partial charge in [-0.25, -0.2) is 0 Å². The van der Waals surface area contributed by atoms with Gasteiger partial charge in [0, 0.05) is 12.6 Å². The van der Waals surface area contributed by atoms with Crippen molar-refractivity contribution in [3.05, 3.63) is 72.3 Å². The number of halogens is 3. The van der Waals surface area contributed by atoms with Crippen molar-refractivity contribution >= 4 is 17.5 Å². The molecule has 0 unspecified atom stereocenters. The smallest absolute Gasteiger partial charge is 0.471 e. The van der Waals surface area contributed by atoms with Crippen LogP contribution in [0.5, 0.6) is 5.75 Å². The zero-order chi connectivity index (χ0) is 24.4. The van der Waals surface area contributed by atoms with Crippen molar-refractivity contribution in [1.82, 2.24) is 5.32 Å². The van der Waals surface area contributed by atoms with Crippen molar-refractivity contribution < 1.29 is 27.5 Å². The Balaban J connectivity index is 2.23. The number of ether oxygens (including phenoxy) is 1. The molecule has 0 saturated carbocycles. The summed E-state index contributed by atoms with van der Waals surface area (Å²) in [5, 5.41) is 2.78. The number of hydrogen-bond donors (Lipinski definition) is 2. The summed E-state index contributed by atoms with van der Waals surface area (Å²) < 4.78 is 44.9. The van der Waals surface area contributed by atoms with Crippen LogP contribution in [0, 0.1) is 0 Å². The molecule has 2 atom stereocenters. The Kier molecular flexibility index (Phi) is 9.47. The van der Waals surface area contributed by atoms with Crippen LogP contribution in [0.4, 0.5) is 18.9 Å². The fourth-order valence-corrected chi connectivity index (χ4v) is 3.12. The van der Waals surface area contributed by atoms with Gasteiger partial charge < -0.3 is 15.8 Å². The highest BCUT2D eigenvalue weighted by Crippen LogP contribution is 2.31. The first-order valence-electron chi connectivity index (χ1n) is 10.4. The number of methoxy groups -OCH3 is 1. The number of benzene rings is 2. The lowest BCUT2D eigenvalue weighted by molar-refractivity contribution is -0.170. The number of amides is 2. The van der Waals surface area contributed by atoms with Gasteiger partial charge in [0.05, 0.1) is 18.8 Å². The minimum absolute atomic E-state index is 0.00701. The van der Waals surface area contributed by atoms with Crippen LogP contribution in [-0.2, 0) is 16.0 Å². The lowest BCUT2D eigenvalue weighted by Gasteiger charge is -2.24. The number of carbonyl (C=O) groups excluding carboxylic acids is 2. The molecule has 0 fully saturated rings. The monoisotopic (exact) mass is 463 g/mol. The predicted octanol–water partition coefficient (Wildman–Crippen LogP) is 3.61.